The van der Waals surface area contributed by atoms with Crippen molar-refractivity contribution in [3.63, 3.8) is 0 Å². The summed E-state index contributed by atoms with van der Waals surface area (Å²) in [5.41, 5.74) is 4.14. The molecule has 0 aromatic heterocycles. The maximum Gasteiger partial charge on any atom is 0.335 e. The van der Waals surface area contributed by atoms with Crippen LogP contribution in [0.5, 0.6) is 11.5 Å². The van der Waals surface area contributed by atoms with Crippen LogP contribution in [0.2, 0.25) is 0 Å². The Bertz CT molecular complexity index is 2380. The Labute approximate surface area is 359 Å². The molecule has 5 aromatic rings. The van der Waals surface area contributed by atoms with Crippen LogP contribution in [-0.4, -0.2) is 48.4 Å². The number of rotatable bonds is 23. The van der Waals surface area contributed by atoms with Gasteiger partial charge < -0.3 is 27.9 Å². The van der Waals surface area contributed by atoms with Crippen LogP contribution >= 0.6 is 15.2 Å². The monoisotopic (exact) mass is 916 g/mol. The van der Waals surface area contributed by atoms with Gasteiger partial charge in [-0.05, 0) is 104 Å². The summed E-state index contributed by atoms with van der Waals surface area (Å²) in [6, 6.07) is 35.6. The lowest BCUT2D eigenvalue weighted by atomic mass is 10.1. The molecule has 0 atom stereocenters. The summed E-state index contributed by atoms with van der Waals surface area (Å²) in [5, 5.41) is 9.25. The van der Waals surface area contributed by atoms with E-state index in [0.29, 0.717) is 38.8 Å². The highest BCUT2D eigenvalue weighted by molar-refractivity contribution is 7.89. The number of ether oxygens (including phenoxy) is 1. The van der Waals surface area contributed by atoms with Gasteiger partial charge in [-0.1, -0.05) is 78.9 Å². The zero-order valence-corrected chi connectivity index (χ0v) is 38.1. The standard InChI is InChI=1S/C25H30NO6PS.C18H24NO6PS/c1-3-31-33(27,32-4-2)20-23-12-10-21(11-13-23)18-26-34(28,29)25-16-14-24(15-17-25)30-19-22-8-6-5-7-9-22;1-3-24-26(21,25-4-2)14-16-7-5-15(6-8-16)13-19-27(22,23)18-11-9-17(20)10-12-18/h5-17,26H,3-4,18-20H2,1-2H3;5-12,19-20H,3-4,13-14H2,1-2H3. The highest BCUT2D eigenvalue weighted by Crippen LogP contribution is 2.52. The fourth-order valence-electron chi connectivity index (χ4n) is 5.62. The third-order valence-corrected chi connectivity index (χ3v) is 15.5. The van der Waals surface area contributed by atoms with Crippen molar-refractivity contribution in [3.05, 3.63) is 155 Å². The minimum atomic E-state index is -3.69. The topological polar surface area (TPSA) is 193 Å². The molecule has 0 amide bonds. The maximum absolute atomic E-state index is 12.7. The molecule has 5 rings (SSSR count). The fourth-order valence-corrected chi connectivity index (χ4v) is 11.1. The van der Waals surface area contributed by atoms with E-state index in [1.165, 1.54) is 36.4 Å². The number of phenolic OH excluding ortho intramolecular Hbond substituents is 1. The zero-order chi connectivity index (χ0) is 44.4. The fraction of sp³-hybridized carbons (Fsp3) is 0.302. The average molecular weight is 917 g/mol. The number of nitrogens with one attached hydrogen (secondary N) is 2. The number of phenols is 1. The summed E-state index contributed by atoms with van der Waals surface area (Å²) in [7, 11) is -13.7. The quantitative estimate of drug-likeness (QED) is 0.0527. The van der Waals surface area contributed by atoms with Crippen molar-refractivity contribution in [3.8, 4) is 11.5 Å². The first-order valence-electron chi connectivity index (χ1n) is 19.6. The normalized spacial score (nSPS) is 12.1. The lowest BCUT2D eigenvalue weighted by Gasteiger charge is -2.17. The Kier molecular flexibility index (Phi) is 19.4. The molecule has 0 aliphatic heterocycles. The lowest BCUT2D eigenvalue weighted by Crippen LogP contribution is -2.23. The van der Waals surface area contributed by atoms with Crippen molar-refractivity contribution in [2.75, 3.05) is 26.4 Å². The molecule has 0 heterocycles. The van der Waals surface area contributed by atoms with Crippen molar-refractivity contribution >= 4 is 35.2 Å². The summed E-state index contributed by atoms with van der Waals surface area (Å²) in [5.74, 6) is 0.593. The predicted molar refractivity (Wildman–Crippen MR) is 235 cm³/mol. The van der Waals surface area contributed by atoms with Crippen LogP contribution < -0.4 is 14.2 Å². The molecule has 0 unspecified atom stereocenters. The highest BCUT2D eigenvalue weighted by atomic mass is 32.2. The summed E-state index contributed by atoms with van der Waals surface area (Å²) < 4.78 is 107. The molecule has 0 saturated heterocycles. The van der Waals surface area contributed by atoms with Crippen molar-refractivity contribution in [2.24, 2.45) is 0 Å². The minimum Gasteiger partial charge on any atom is -0.508 e. The Hall–Kier alpha value is -4.18. The molecule has 330 valence electrons. The Balaban J connectivity index is 0.000000276. The largest absolute Gasteiger partial charge is 0.508 e. The Morgan fingerprint density at radius 1 is 0.475 bits per heavy atom. The molecule has 0 aliphatic rings. The lowest BCUT2D eigenvalue weighted by molar-refractivity contribution is 0.218. The molecule has 0 saturated carbocycles. The molecule has 14 nitrogen and oxygen atoms in total. The van der Waals surface area contributed by atoms with E-state index in [1.54, 1.807) is 88.4 Å². The summed E-state index contributed by atoms with van der Waals surface area (Å²) >= 11 is 0. The van der Waals surface area contributed by atoms with Gasteiger partial charge in [0, 0.05) is 13.1 Å². The first-order chi connectivity index (χ1) is 29.1. The Morgan fingerprint density at radius 3 is 1.21 bits per heavy atom. The molecule has 0 radical (unpaired) electrons. The summed E-state index contributed by atoms with van der Waals surface area (Å²) in [6.45, 7) is 8.91. The first-order valence-corrected chi connectivity index (χ1v) is 26.0. The van der Waals surface area contributed by atoms with Crippen molar-refractivity contribution < 1.29 is 53.9 Å². The first kappa shape index (κ1) is 49.5. The Morgan fingerprint density at radius 2 is 0.836 bits per heavy atom. The van der Waals surface area contributed by atoms with Gasteiger partial charge in [0.1, 0.15) is 18.1 Å². The highest BCUT2D eigenvalue weighted by Gasteiger charge is 2.25. The van der Waals surface area contributed by atoms with Crippen LogP contribution in [0.15, 0.2) is 137 Å². The summed E-state index contributed by atoms with van der Waals surface area (Å²) in [6.07, 6.45) is 0.327. The maximum atomic E-state index is 12.7. The molecule has 18 heteroatoms. The van der Waals surface area contributed by atoms with Crippen LogP contribution in [-0.2, 0) is 79.3 Å². The van der Waals surface area contributed by atoms with Gasteiger partial charge in [0.2, 0.25) is 20.0 Å². The van der Waals surface area contributed by atoms with Crippen LogP contribution in [0.25, 0.3) is 0 Å². The second-order valence-corrected chi connectivity index (χ2v) is 20.9. The van der Waals surface area contributed by atoms with Gasteiger partial charge in [0.15, 0.2) is 0 Å². The molecule has 5 aromatic carbocycles. The molecule has 3 N–H and O–H groups in total. The minimum absolute atomic E-state index is 0.000864. The summed E-state index contributed by atoms with van der Waals surface area (Å²) in [4.78, 5) is 0.233. The van der Waals surface area contributed by atoms with E-state index in [2.05, 4.69) is 9.44 Å². The molecular formula is C43H54N2O12P2S2. The number of aromatic hydroxyl groups is 1. The molecule has 0 fully saturated rings. The number of hydrogen-bond acceptors (Lipinski definition) is 12. The predicted octanol–water partition coefficient (Wildman–Crippen LogP) is 9.15. The van der Waals surface area contributed by atoms with Gasteiger partial charge in [0.25, 0.3) is 0 Å². The third-order valence-electron chi connectivity index (χ3n) is 8.56. The van der Waals surface area contributed by atoms with Crippen molar-refractivity contribution in [2.45, 2.75) is 69.5 Å². The molecule has 0 spiro atoms. The van der Waals surface area contributed by atoms with E-state index >= 15 is 0 Å². The van der Waals surface area contributed by atoms with Crippen molar-refractivity contribution in [1.82, 2.24) is 9.44 Å². The van der Waals surface area contributed by atoms with Crippen LogP contribution in [0.3, 0.4) is 0 Å². The van der Waals surface area contributed by atoms with E-state index < -0.39 is 35.2 Å². The molecule has 0 aliphatic carbocycles. The van der Waals surface area contributed by atoms with Crippen LogP contribution in [0, 0.1) is 0 Å². The van der Waals surface area contributed by atoms with Crippen molar-refractivity contribution in [1.29, 1.82) is 0 Å². The molecular weight excluding hydrogens is 863 g/mol. The van der Waals surface area contributed by atoms with Gasteiger partial charge >= 0.3 is 15.2 Å². The second kappa shape index (κ2) is 23.9. The van der Waals surface area contributed by atoms with E-state index in [1.807, 2.05) is 30.3 Å². The van der Waals surface area contributed by atoms with E-state index in [4.69, 9.17) is 22.8 Å². The molecule has 61 heavy (non-hydrogen) atoms. The van der Waals surface area contributed by atoms with E-state index in [-0.39, 0.29) is 41.0 Å². The molecule has 0 bridgehead atoms. The van der Waals surface area contributed by atoms with E-state index in [0.717, 1.165) is 27.8 Å². The number of hydrogen-bond donors (Lipinski definition) is 3. The van der Waals surface area contributed by atoms with Gasteiger partial charge in [-0.2, -0.15) is 0 Å². The smallest absolute Gasteiger partial charge is 0.335 e. The van der Waals surface area contributed by atoms with Gasteiger partial charge in [-0.15, -0.1) is 0 Å². The zero-order valence-electron chi connectivity index (χ0n) is 34.6. The average Bonchev–Trinajstić information content (AvgIpc) is 3.24. The second-order valence-electron chi connectivity index (χ2n) is 13.2. The van der Waals surface area contributed by atoms with Gasteiger partial charge in [-0.25, -0.2) is 26.3 Å². The third kappa shape index (κ3) is 16.6. The van der Waals surface area contributed by atoms with Crippen LogP contribution in [0.1, 0.15) is 55.5 Å². The van der Waals surface area contributed by atoms with E-state index in [9.17, 15) is 31.1 Å². The number of sulfonamides is 2. The number of benzene rings is 5. The van der Waals surface area contributed by atoms with Gasteiger partial charge in [-0.3, -0.25) is 9.13 Å². The SMILES string of the molecule is CCOP(=O)(Cc1ccc(CNS(=O)(=O)c2ccc(O)cc2)cc1)OCC.CCOP(=O)(Cc1ccc(CNS(=O)(=O)c2ccc(OCc3ccccc3)cc2)cc1)OCC. The van der Waals surface area contributed by atoms with Crippen LogP contribution in [0.4, 0.5) is 0 Å². The van der Waals surface area contributed by atoms with Gasteiger partial charge in [0.05, 0.1) is 48.5 Å².